The first-order valence-electron chi connectivity index (χ1n) is 8.52. The summed E-state index contributed by atoms with van der Waals surface area (Å²) in [6.45, 7) is 3.94. The first kappa shape index (κ1) is 20.5. The first-order chi connectivity index (χ1) is 12.8. The van der Waals surface area contributed by atoms with Gasteiger partial charge in [-0.3, -0.25) is 4.79 Å². The number of ether oxygens (including phenoxy) is 1. The first-order valence-corrected chi connectivity index (χ1v) is 8.52. The number of carbonyl (C=O) groups is 1. The summed E-state index contributed by atoms with van der Waals surface area (Å²) in [5.74, 6) is 0.404. The molecule has 1 N–H and O–H groups in total. The number of amides is 1. The molecule has 0 saturated carbocycles. The molecule has 7 heteroatoms. The molecule has 0 saturated heterocycles. The van der Waals surface area contributed by atoms with Crippen LogP contribution in [0.25, 0.3) is 0 Å². The van der Waals surface area contributed by atoms with Crippen molar-refractivity contribution in [1.82, 2.24) is 5.43 Å². The normalized spacial score (nSPS) is 12.8. The monoisotopic (exact) mass is 378 g/mol. The summed E-state index contributed by atoms with van der Waals surface area (Å²) in [7, 11) is 0. The Bertz CT molecular complexity index is 787. The second-order valence-electron chi connectivity index (χ2n) is 6.05. The van der Waals surface area contributed by atoms with Crippen molar-refractivity contribution in [2.75, 3.05) is 6.61 Å². The minimum atomic E-state index is -4.49. The maximum atomic E-state index is 12.9. The number of nitrogens with one attached hydrogen (secondary N) is 1. The zero-order valence-electron chi connectivity index (χ0n) is 15.1. The van der Waals surface area contributed by atoms with E-state index >= 15 is 0 Å². The lowest BCUT2D eigenvalue weighted by Crippen LogP contribution is -2.24. The molecule has 0 aromatic heterocycles. The highest BCUT2D eigenvalue weighted by Gasteiger charge is 2.32. The number of halogens is 3. The van der Waals surface area contributed by atoms with Gasteiger partial charge in [0, 0.05) is 5.56 Å². The molecule has 1 unspecified atom stereocenters. The molecule has 0 spiro atoms. The van der Waals surface area contributed by atoms with Crippen molar-refractivity contribution < 1.29 is 22.7 Å². The summed E-state index contributed by atoms with van der Waals surface area (Å²) in [4.78, 5) is 11.7. The van der Waals surface area contributed by atoms with Gasteiger partial charge in [0.2, 0.25) is 0 Å². The van der Waals surface area contributed by atoms with Gasteiger partial charge in [-0.15, -0.1) is 0 Å². The fourth-order valence-corrected chi connectivity index (χ4v) is 2.35. The number of carbonyl (C=O) groups excluding carboxylic acids is 1. The molecule has 0 aliphatic heterocycles. The summed E-state index contributed by atoms with van der Waals surface area (Å²) < 4.78 is 44.0. The molecule has 2 aromatic carbocycles. The van der Waals surface area contributed by atoms with Crippen LogP contribution >= 0.6 is 0 Å². The number of alkyl halides is 3. The molecule has 144 valence electrons. The van der Waals surface area contributed by atoms with E-state index in [1.807, 2.05) is 12.1 Å². The minimum absolute atomic E-state index is 0.133. The smallest absolute Gasteiger partial charge is 0.417 e. The van der Waals surface area contributed by atoms with Gasteiger partial charge in [0.05, 0.1) is 11.8 Å². The highest BCUT2D eigenvalue weighted by molar-refractivity contribution is 5.84. The highest BCUT2D eigenvalue weighted by Crippen LogP contribution is 2.31. The maximum absolute atomic E-state index is 12.9. The Morgan fingerprint density at radius 3 is 2.48 bits per heavy atom. The van der Waals surface area contributed by atoms with E-state index in [0.717, 1.165) is 18.7 Å². The second-order valence-corrected chi connectivity index (χ2v) is 6.05. The summed E-state index contributed by atoms with van der Waals surface area (Å²) in [5, 5.41) is 3.57. The maximum Gasteiger partial charge on any atom is 0.417 e. The molecule has 4 nitrogen and oxygen atoms in total. The van der Waals surface area contributed by atoms with Crippen LogP contribution in [0.1, 0.15) is 42.9 Å². The van der Waals surface area contributed by atoms with Crippen LogP contribution < -0.4 is 10.2 Å². The lowest BCUT2D eigenvalue weighted by Gasteiger charge is -2.10. The molecule has 2 rings (SSSR count). The molecule has 1 amide bonds. The molecule has 0 aliphatic carbocycles. The van der Waals surface area contributed by atoms with E-state index in [4.69, 9.17) is 4.74 Å². The van der Waals surface area contributed by atoms with Crippen molar-refractivity contribution in [2.45, 2.75) is 32.4 Å². The quantitative estimate of drug-likeness (QED) is 0.558. The van der Waals surface area contributed by atoms with Crippen LogP contribution in [0.3, 0.4) is 0 Å². The average molecular weight is 378 g/mol. The Labute approximate surface area is 156 Å². The van der Waals surface area contributed by atoms with E-state index in [1.165, 1.54) is 23.8 Å². The van der Waals surface area contributed by atoms with E-state index in [-0.39, 0.29) is 12.2 Å². The Balaban J connectivity index is 1.87. The van der Waals surface area contributed by atoms with Crippen molar-refractivity contribution in [3.05, 3.63) is 65.2 Å². The third-order valence-electron chi connectivity index (χ3n) is 4.09. The van der Waals surface area contributed by atoms with Gasteiger partial charge in [0.25, 0.3) is 5.91 Å². The Kier molecular flexibility index (Phi) is 6.98. The average Bonchev–Trinajstić information content (AvgIpc) is 2.65. The van der Waals surface area contributed by atoms with Crippen molar-refractivity contribution in [1.29, 1.82) is 0 Å². The third-order valence-corrected chi connectivity index (χ3v) is 4.09. The summed E-state index contributed by atoms with van der Waals surface area (Å²) >= 11 is 0. The van der Waals surface area contributed by atoms with Gasteiger partial charge in [-0.25, -0.2) is 5.43 Å². The van der Waals surface area contributed by atoms with E-state index < -0.39 is 17.6 Å². The molecule has 27 heavy (non-hydrogen) atoms. The molecule has 0 bridgehead atoms. The zero-order valence-corrected chi connectivity index (χ0v) is 15.1. The van der Waals surface area contributed by atoms with Crippen molar-refractivity contribution in [2.24, 2.45) is 5.10 Å². The highest BCUT2D eigenvalue weighted by atomic mass is 19.4. The van der Waals surface area contributed by atoms with Gasteiger partial charge in [0.1, 0.15) is 5.75 Å². The SMILES string of the molecule is CCC(C)c1ccc(OCC(=O)N/N=C/c2ccccc2C(F)(F)F)cc1. The molecular formula is C20H21F3N2O2. The molecule has 0 aliphatic rings. The molecule has 0 radical (unpaired) electrons. The van der Waals surface area contributed by atoms with Crippen LogP contribution in [0.4, 0.5) is 13.2 Å². The zero-order chi connectivity index (χ0) is 19.9. The number of benzene rings is 2. The number of hydrazone groups is 1. The van der Waals surface area contributed by atoms with Crippen LogP contribution in [-0.4, -0.2) is 18.7 Å². The van der Waals surface area contributed by atoms with Crippen molar-refractivity contribution in [3.8, 4) is 5.75 Å². The largest absolute Gasteiger partial charge is 0.484 e. The number of nitrogens with zero attached hydrogens (tertiary/aromatic N) is 1. The number of rotatable bonds is 7. The van der Waals surface area contributed by atoms with Crippen LogP contribution in [-0.2, 0) is 11.0 Å². The van der Waals surface area contributed by atoms with Crippen LogP contribution in [0, 0.1) is 0 Å². The number of hydrogen-bond donors (Lipinski definition) is 1. The summed E-state index contributed by atoms with van der Waals surface area (Å²) in [6.07, 6.45) is -2.50. The molecular weight excluding hydrogens is 357 g/mol. The predicted molar refractivity (Wildman–Crippen MR) is 97.8 cm³/mol. The lowest BCUT2D eigenvalue weighted by atomic mass is 9.99. The van der Waals surface area contributed by atoms with Crippen LogP contribution in [0.2, 0.25) is 0 Å². The van der Waals surface area contributed by atoms with E-state index in [2.05, 4.69) is 24.4 Å². The molecule has 2 aromatic rings. The van der Waals surface area contributed by atoms with Gasteiger partial charge in [-0.2, -0.15) is 18.3 Å². The lowest BCUT2D eigenvalue weighted by molar-refractivity contribution is -0.137. The van der Waals surface area contributed by atoms with Crippen molar-refractivity contribution in [3.63, 3.8) is 0 Å². The van der Waals surface area contributed by atoms with Gasteiger partial charge >= 0.3 is 6.18 Å². The molecule has 0 fully saturated rings. The molecule has 0 heterocycles. The predicted octanol–water partition coefficient (Wildman–Crippen LogP) is 4.75. The second kappa shape index (κ2) is 9.21. The summed E-state index contributed by atoms with van der Waals surface area (Å²) in [6, 6.07) is 12.4. The van der Waals surface area contributed by atoms with Crippen molar-refractivity contribution >= 4 is 12.1 Å². The van der Waals surface area contributed by atoms with E-state index in [1.54, 1.807) is 12.1 Å². The van der Waals surface area contributed by atoms with Crippen LogP contribution in [0.5, 0.6) is 5.75 Å². The molecule has 1 atom stereocenters. The fourth-order valence-electron chi connectivity index (χ4n) is 2.35. The van der Waals surface area contributed by atoms with Gasteiger partial charge in [-0.1, -0.05) is 44.2 Å². The number of hydrogen-bond acceptors (Lipinski definition) is 3. The Morgan fingerprint density at radius 1 is 1.19 bits per heavy atom. The van der Waals surface area contributed by atoms with E-state index in [0.29, 0.717) is 11.7 Å². The Morgan fingerprint density at radius 2 is 1.85 bits per heavy atom. The topological polar surface area (TPSA) is 50.7 Å². The van der Waals surface area contributed by atoms with E-state index in [9.17, 15) is 18.0 Å². The van der Waals surface area contributed by atoms with Crippen LogP contribution in [0.15, 0.2) is 53.6 Å². The van der Waals surface area contributed by atoms with Gasteiger partial charge in [-0.05, 0) is 36.1 Å². The Hall–Kier alpha value is -2.83. The third kappa shape index (κ3) is 6.13. The fraction of sp³-hybridized carbons (Fsp3) is 0.300. The summed E-state index contributed by atoms with van der Waals surface area (Å²) in [5.41, 5.74) is 2.39. The van der Waals surface area contributed by atoms with Gasteiger partial charge in [0.15, 0.2) is 6.61 Å². The van der Waals surface area contributed by atoms with Gasteiger partial charge < -0.3 is 4.74 Å². The standard InChI is InChI=1S/C20H21F3N2O2/c1-3-14(2)15-8-10-17(11-9-15)27-13-19(26)25-24-12-16-6-4-5-7-18(16)20(21,22)23/h4-12,14H,3,13H2,1-2H3,(H,25,26)/b24-12+. The minimum Gasteiger partial charge on any atom is -0.484 e.